The van der Waals surface area contributed by atoms with Gasteiger partial charge in [-0.05, 0) is 26.2 Å². The standard InChI is InChI=1S/C16H31NO2/c1-4-5-6-7-8-9-10-11-12-13-16(19)14(2)17-15(3)18/h4,14,16,19H,1,5-13H2,2-3H3,(H,17,18)/t14-,16+/m0/s1. The highest BCUT2D eigenvalue weighted by atomic mass is 16.3. The molecule has 0 fully saturated rings. The fraction of sp³-hybridized carbons (Fsp3) is 0.812. The van der Waals surface area contributed by atoms with Gasteiger partial charge in [0, 0.05) is 6.92 Å². The summed E-state index contributed by atoms with van der Waals surface area (Å²) < 4.78 is 0. The lowest BCUT2D eigenvalue weighted by molar-refractivity contribution is -0.120. The van der Waals surface area contributed by atoms with Gasteiger partial charge < -0.3 is 10.4 Å². The van der Waals surface area contributed by atoms with Crippen LogP contribution in [-0.4, -0.2) is 23.2 Å². The SMILES string of the molecule is C=CCCCCCCCCC[C@@H](O)[C@H](C)NC(C)=O. The van der Waals surface area contributed by atoms with Crippen molar-refractivity contribution in [1.82, 2.24) is 5.32 Å². The predicted molar refractivity (Wildman–Crippen MR) is 81.0 cm³/mol. The lowest BCUT2D eigenvalue weighted by atomic mass is 10.0. The molecule has 2 atom stereocenters. The Morgan fingerprint density at radius 3 is 2.21 bits per heavy atom. The zero-order chi connectivity index (χ0) is 14.5. The smallest absolute Gasteiger partial charge is 0.217 e. The van der Waals surface area contributed by atoms with E-state index in [1.807, 2.05) is 13.0 Å². The van der Waals surface area contributed by atoms with E-state index in [9.17, 15) is 9.90 Å². The molecule has 0 aliphatic heterocycles. The number of nitrogens with one attached hydrogen (secondary N) is 1. The second kappa shape index (κ2) is 12.2. The monoisotopic (exact) mass is 269 g/mol. The Morgan fingerprint density at radius 1 is 1.16 bits per heavy atom. The van der Waals surface area contributed by atoms with Crippen molar-refractivity contribution in [2.45, 2.75) is 83.8 Å². The molecule has 3 nitrogen and oxygen atoms in total. The zero-order valence-electron chi connectivity index (χ0n) is 12.7. The molecule has 0 saturated heterocycles. The Labute approximate surface area is 118 Å². The molecular formula is C16H31NO2. The third kappa shape index (κ3) is 12.0. The number of unbranched alkanes of at least 4 members (excludes halogenated alkanes) is 7. The Balaban J connectivity index is 3.33. The van der Waals surface area contributed by atoms with Crippen LogP contribution in [0.4, 0.5) is 0 Å². The van der Waals surface area contributed by atoms with Crippen molar-refractivity contribution in [3.63, 3.8) is 0 Å². The molecule has 0 aromatic rings. The third-order valence-corrected chi connectivity index (χ3v) is 3.42. The van der Waals surface area contributed by atoms with Crippen molar-refractivity contribution in [2.24, 2.45) is 0 Å². The van der Waals surface area contributed by atoms with Gasteiger partial charge >= 0.3 is 0 Å². The average Bonchev–Trinajstić information content (AvgIpc) is 2.35. The molecule has 0 aromatic heterocycles. The van der Waals surface area contributed by atoms with Gasteiger partial charge in [-0.1, -0.05) is 44.6 Å². The fourth-order valence-corrected chi connectivity index (χ4v) is 2.19. The number of carbonyl (C=O) groups excluding carboxylic acids is 1. The normalized spacial score (nSPS) is 13.8. The lowest BCUT2D eigenvalue weighted by Gasteiger charge is -2.19. The van der Waals surface area contributed by atoms with Gasteiger partial charge in [-0.3, -0.25) is 4.79 Å². The fourth-order valence-electron chi connectivity index (χ4n) is 2.19. The second-order valence-electron chi connectivity index (χ2n) is 5.40. The molecule has 0 aliphatic carbocycles. The van der Waals surface area contributed by atoms with Crippen LogP contribution >= 0.6 is 0 Å². The molecular weight excluding hydrogens is 238 g/mol. The highest BCUT2D eigenvalue weighted by Crippen LogP contribution is 2.11. The topological polar surface area (TPSA) is 49.3 Å². The van der Waals surface area contributed by atoms with Crippen LogP contribution in [0.25, 0.3) is 0 Å². The zero-order valence-corrected chi connectivity index (χ0v) is 12.7. The number of carbonyl (C=O) groups is 1. The number of allylic oxidation sites excluding steroid dienone is 1. The third-order valence-electron chi connectivity index (χ3n) is 3.42. The molecule has 0 radical (unpaired) electrons. The molecule has 0 bridgehead atoms. The highest BCUT2D eigenvalue weighted by Gasteiger charge is 2.13. The van der Waals surface area contributed by atoms with E-state index >= 15 is 0 Å². The van der Waals surface area contributed by atoms with Gasteiger partial charge in [0.1, 0.15) is 0 Å². The summed E-state index contributed by atoms with van der Waals surface area (Å²) >= 11 is 0. The molecule has 0 unspecified atom stereocenters. The summed E-state index contributed by atoms with van der Waals surface area (Å²) in [6.07, 6.45) is 12.1. The van der Waals surface area contributed by atoms with E-state index in [0.717, 1.165) is 19.3 Å². The number of amides is 1. The van der Waals surface area contributed by atoms with Gasteiger partial charge in [-0.2, -0.15) is 0 Å². The first kappa shape index (κ1) is 18.2. The minimum atomic E-state index is -0.420. The van der Waals surface area contributed by atoms with Crippen LogP contribution in [-0.2, 0) is 4.79 Å². The molecule has 19 heavy (non-hydrogen) atoms. The van der Waals surface area contributed by atoms with Crippen LogP contribution in [0.3, 0.4) is 0 Å². The van der Waals surface area contributed by atoms with Gasteiger partial charge in [0.05, 0.1) is 12.1 Å². The van der Waals surface area contributed by atoms with Crippen LogP contribution in [0.15, 0.2) is 12.7 Å². The molecule has 0 spiro atoms. The van der Waals surface area contributed by atoms with E-state index in [2.05, 4.69) is 11.9 Å². The summed E-state index contributed by atoms with van der Waals surface area (Å²) in [6, 6.07) is -0.142. The van der Waals surface area contributed by atoms with E-state index in [4.69, 9.17) is 0 Å². The largest absolute Gasteiger partial charge is 0.391 e. The number of aliphatic hydroxyl groups excluding tert-OH is 1. The first-order chi connectivity index (χ1) is 9.07. The van der Waals surface area contributed by atoms with Crippen molar-refractivity contribution >= 4 is 5.91 Å². The van der Waals surface area contributed by atoms with Crippen molar-refractivity contribution in [3.05, 3.63) is 12.7 Å². The molecule has 1 amide bonds. The molecule has 112 valence electrons. The highest BCUT2D eigenvalue weighted by molar-refractivity contribution is 5.73. The maximum Gasteiger partial charge on any atom is 0.217 e. The molecule has 0 saturated carbocycles. The van der Waals surface area contributed by atoms with E-state index in [1.54, 1.807) is 0 Å². The number of aliphatic hydroxyl groups is 1. The Bertz CT molecular complexity index is 241. The molecule has 2 N–H and O–H groups in total. The van der Waals surface area contributed by atoms with E-state index < -0.39 is 6.10 Å². The van der Waals surface area contributed by atoms with Gasteiger partial charge in [0.15, 0.2) is 0 Å². The summed E-state index contributed by atoms with van der Waals surface area (Å²) in [7, 11) is 0. The predicted octanol–water partition coefficient (Wildman–Crippen LogP) is 3.57. The van der Waals surface area contributed by atoms with Gasteiger partial charge in [0.25, 0.3) is 0 Å². The van der Waals surface area contributed by atoms with E-state index in [0.29, 0.717) is 0 Å². The summed E-state index contributed by atoms with van der Waals surface area (Å²) in [5.74, 6) is -0.0777. The molecule has 0 aliphatic rings. The van der Waals surface area contributed by atoms with Gasteiger partial charge in [-0.15, -0.1) is 6.58 Å². The van der Waals surface area contributed by atoms with Gasteiger partial charge in [0.2, 0.25) is 5.91 Å². The van der Waals surface area contributed by atoms with Crippen LogP contribution in [0.5, 0.6) is 0 Å². The van der Waals surface area contributed by atoms with Gasteiger partial charge in [-0.25, -0.2) is 0 Å². The Hall–Kier alpha value is -0.830. The first-order valence-corrected chi connectivity index (χ1v) is 7.64. The molecule has 0 heterocycles. The van der Waals surface area contributed by atoms with Crippen molar-refractivity contribution in [1.29, 1.82) is 0 Å². The summed E-state index contributed by atoms with van der Waals surface area (Å²) in [4.78, 5) is 10.9. The van der Waals surface area contributed by atoms with E-state index in [-0.39, 0.29) is 11.9 Å². The minimum absolute atomic E-state index is 0.0777. The second-order valence-corrected chi connectivity index (χ2v) is 5.40. The number of hydrogen-bond donors (Lipinski definition) is 2. The first-order valence-electron chi connectivity index (χ1n) is 7.64. The van der Waals surface area contributed by atoms with Crippen molar-refractivity contribution in [2.75, 3.05) is 0 Å². The average molecular weight is 269 g/mol. The summed E-state index contributed by atoms with van der Waals surface area (Å²) in [5, 5.41) is 12.6. The van der Waals surface area contributed by atoms with Crippen LogP contribution < -0.4 is 5.32 Å². The summed E-state index contributed by atoms with van der Waals surface area (Å²) in [6.45, 7) is 7.05. The lowest BCUT2D eigenvalue weighted by Crippen LogP contribution is -2.39. The quantitative estimate of drug-likeness (QED) is 0.420. The maximum atomic E-state index is 10.9. The molecule has 0 aromatic carbocycles. The maximum absolute atomic E-state index is 10.9. The molecule has 0 rings (SSSR count). The number of hydrogen-bond acceptors (Lipinski definition) is 2. The van der Waals surface area contributed by atoms with Crippen LogP contribution in [0, 0.1) is 0 Å². The summed E-state index contributed by atoms with van der Waals surface area (Å²) in [5.41, 5.74) is 0. The van der Waals surface area contributed by atoms with Crippen LogP contribution in [0.2, 0.25) is 0 Å². The number of rotatable bonds is 12. The van der Waals surface area contributed by atoms with Crippen molar-refractivity contribution < 1.29 is 9.90 Å². The Kier molecular flexibility index (Phi) is 11.7. The molecule has 3 heteroatoms. The van der Waals surface area contributed by atoms with E-state index in [1.165, 1.54) is 45.4 Å². The van der Waals surface area contributed by atoms with Crippen LogP contribution in [0.1, 0.15) is 71.6 Å². The minimum Gasteiger partial charge on any atom is -0.391 e. The Morgan fingerprint density at radius 2 is 1.68 bits per heavy atom. The van der Waals surface area contributed by atoms with Crippen molar-refractivity contribution in [3.8, 4) is 0 Å².